The topological polar surface area (TPSA) is 15.3 Å². The van der Waals surface area contributed by atoms with Crippen LogP contribution in [0.2, 0.25) is 0 Å². The fourth-order valence-electron chi connectivity index (χ4n) is 3.80. The smallest absolute Gasteiger partial charge is 0.0616 e. The van der Waals surface area contributed by atoms with Gasteiger partial charge in [-0.1, -0.05) is 45.7 Å². The molecule has 2 nitrogen and oxygen atoms in total. The van der Waals surface area contributed by atoms with E-state index < -0.39 is 0 Å². The van der Waals surface area contributed by atoms with E-state index >= 15 is 0 Å². The molecule has 19 heavy (non-hydrogen) atoms. The summed E-state index contributed by atoms with van der Waals surface area (Å²) in [5.74, 6) is 0. The van der Waals surface area contributed by atoms with Gasteiger partial charge in [0.05, 0.1) is 16.9 Å². The molecule has 0 saturated heterocycles. The Morgan fingerprint density at radius 2 is 1.84 bits per heavy atom. The molecule has 0 aromatic heterocycles. The van der Waals surface area contributed by atoms with Crippen LogP contribution in [0.15, 0.2) is 18.2 Å². The van der Waals surface area contributed by atoms with Crippen LogP contribution in [0.5, 0.6) is 0 Å². The zero-order chi connectivity index (χ0) is 13.7. The number of likely N-dealkylation sites (N-methyl/N-ethyl adjacent to an activating group) is 1. The number of benzene rings is 1. The maximum absolute atomic E-state index is 3.76. The van der Waals surface area contributed by atoms with Gasteiger partial charge in [-0.2, -0.15) is 0 Å². The van der Waals surface area contributed by atoms with Crippen LogP contribution in [0.1, 0.15) is 52.0 Å². The molecule has 1 aromatic rings. The van der Waals surface area contributed by atoms with Crippen molar-refractivity contribution in [3.63, 3.8) is 0 Å². The summed E-state index contributed by atoms with van der Waals surface area (Å²) in [6, 6.07) is 6.76. The first-order valence-corrected chi connectivity index (χ1v) is 7.55. The van der Waals surface area contributed by atoms with Crippen molar-refractivity contribution in [1.29, 1.82) is 0 Å². The quantitative estimate of drug-likeness (QED) is 0.751. The maximum Gasteiger partial charge on any atom is 0.0616 e. The number of fused-ring (bicyclic) bond motifs is 1. The van der Waals surface area contributed by atoms with Gasteiger partial charge in [0.15, 0.2) is 0 Å². The molecule has 0 bridgehead atoms. The van der Waals surface area contributed by atoms with Crippen LogP contribution < -0.4 is 10.2 Å². The predicted molar refractivity (Wildman–Crippen MR) is 83.2 cm³/mol. The van der Waals surface area contributed by atoms with Crippen molar-refractivity contribution >= 4 is 11.4 Å². The monoisotopic (exact) mass is 258 g/mol. The fourth-order valence-corrected chi connectivity index (χ4v) is 3.80. The number of hydrogen-bond acceptors (Lipinski definition) is 2. The average Bonchev–Trinajstić information content (AvgIpc) is 2.82. The Bertz CT molecular complexity index is 479. The van der Waals surface area contributed by atoms with Gasteiger partial charge < -0.3 is 10.2 Å². The molecule has 1 N–H and O–H groups in total. The van der Waals surface area contributed by atoms with E-state index in [-0.39, 0.29) is 5.41 Å². The molecule has 1 fully saturated rings. The summed E-state index contributed by atoms with van der Waals surface area (Å²) in [6.45, 7) is 7.99. The fraction of sp³-hybridized carbons (Fsp3) is 0.647. The molecule has 2 heteroatoms. The molecule has 2 aliphatic rings. The van der Waals surface area contributed by atoms with E-state index in [0.29, 0.717) is 5.54 Å². The van der Waals surface area contributed by atoms with Gasteiger partial charge in [0.1, 0.15) is 0 Å². The van der Waals surface area contributed by atoms with Crippen molar-refractivity contribution in [2.75, 3.05) is 23.8 Å². The lowest BCUT2D eigenvalue weighted by Crippen LogP contribution is -2.53. The highest BCUT2D eigenvalue weighted by molar-refractivity contribution is 5.78. The molecule has 1 heterocycles. The minimum Gasteiger partial charge on any atom is -0.381 e. The Morgan fingerprint density at radius 1 is 1.16 bits per heavy atom. The summed E-state index contributed by atoms with van der Waals surface area (Å²) >= 11 is 0. The normalized spacial score (nSPS) is 21.4. The van der Waals surface area contributed by atoms with Crippen molar-refractivity contribution in [2.24, 2.45) is 0 Å². The molecule has 1 saturated carbocycles. The van der Waals surface area contributed by atoms with Gasteiger partial charge in [0.2, 0.25) is 0 Å². The molecule has 1 spiro atoms. The molecule has 104 valence electrons. The van der Waals surface area contributed by atoms with Crippen LogP contribution in [-0.2, 0) is 5.41 Å². The minimum atomic E-state index is 0.194. The molecule has 1 aliphatic carbocycles. The van der Waals surface area contributed by atoms with Crippen molar-refractivity contribution in [3.05, 3.63) is 23.8 Å². The van der Waals surface area contributed by atoms with Gasteiger partial charge in [-0.15, -0.1) is 0 Å². The Balaban J connectivity index is 2.06. The zero-order valence-electron chi connectivity index (χ0n) is 12.7. The highest BCUT2D eigenvalue weighted by Crippen LogP contribution is 2.46. The highest BCUT2D eigenvalue weighted by Gasteiger charge is 2.42. The lowest BCUT2D eigenvalue weighted by molar-refractivity contribution is 0.427. The summed E-state index contributed by atoms with van der Waals surface area (Å²) in [5, 5.41) is 3.76. The first-order chi connectivity index (χ1) is 8.94. The molecule has 1 aromatic carbocycles. The standard InChI is InChI=1S/C17H26N2/c1-16(2,3)13-8-7-9-14-15(13)18-12-17(19(14)4)10-5-6-11-17/h7-9,18H,5-6,10-12H2,1-4H3. The molecular weight excluding hydrogens is 232 g/mol. The Kier molecular flexibility index (Phi) is 2.81. The van der Waals surface area contributed by atoms with E-state index in [1.807, 2.05) is 0 Å². The largest absolute Gasteiger partial charge is 0.381 e. The third kappa shape index (κ3) is 1.92. The first kappa shape index (κ1) is 12.8. The third-order valence-electron chi connectivity index (χ3n) is 5.05. The van der Waals surface area contributed by atoms with Crippen molar-refractivity contribution < 1.29 is 0 Å². The van der Waals surface area contributed by atoms with E-state index in [0.717, 1.165) is 6.54 Å². The minimum absolute atomic E-state index is 0.194. The van der Waals surface area contributed by atoms with Crippen LogP contribution in [0.3, 0.4) is 0 Å². The lowest BCUT2D eigenvalue weighted by Gasteiger charge is -2.47. The first-order valence-electron chi connectivity index (χ1n) is 7.55. The van der Waals surface area contributed by atoms with E-state index in [9.17, 15) is 0 Å². The van der Waals surface area contributed by atoms with Crippen molar-refractivity contribution in [2.45, 2.75) is 57.4 Å². The number of anilines is 2. The van der Waals surface area contributed by atoms with Crippen LogP contribution in [0.4, 0.5) is 11.4 Å². The number of nitrogens with one attached hydrogen (secondary N) is 1. The second-order valence-electron chi connectivity index (χ2n) is 7.29. The summed E-state index contributed by atoms with van der Waals surface area (Å²) in [4.78, 5) is 2.56. The van der Waals surface area contributed by atoms with E-state index in [1.54, 1.807) is 0 Å². The summed E-state index contributed by atoms with van der Waals surface area (Å²) in [5.41, 5.74) is 4.74. The van der Waals surface area contributed by atoms with Crippen LogP contribution in [-0.4, -0.2) is 19.1 Å². The van der Waals surface area contributed by atoms with Gasteiger partial charge >= 0.3 is 0 Å². The van der Waals surface area contributed by atoms with Crippen LogP contribution in [0.25, 0.3) is 0 Å². The summed E-state index contributed by atoms with van der Waals surface area (Å²) in [7, 11) is 2.29. The number of rotatable bonds is 0. The molecule has 0 radical (unpaired) electrons. The molecule has 0 atom stereocenters. The second kappa shape index (κ2) is 4.16. The zero-order valence-corrected chi connectivity index (χ0v) is 12.7. The molecule has 0 amide bonds. The van der Waals surface area contributed by atoms with Gasteiger partial charge in [0.25, 0.3) is 0 Å². The average molecular weight is 258 g/mol. The van der Waals surface area contributed by atoms with Gasteiger partial charge in [-0.05, 0) is 29.9 Å². The van der Waals surface area contributed by atoms with E-state index in [1.165, 1.54) is 42.6 Å². The van der Waals surface area contributed by atoms with E-state index in [4.69, 9.17) is 0 Å². The Labute approximate surface area is 117 Å². The summed E-state index contributed by atoms with van der Waals surface area (Å²) in [6.07, 6.45) is 5.41. The SMILES string of the molecule is CN1c2cccc(C(C)(C)C)c2NCC12CCCC2. The molecule has 3 rings (SSSR count). The van der Waals surface area contributed by atoms with Gasteiger partial charge in [-0.3, -0.25) is 0 Å². The maximum atomic E-state index is 3.76. The van der Waals surface area contributed by atoms with Crippen LogP contribution in [0, 0.1) is 0 Å². The second-order valence-corrected chi connectivity index (χ2v) is 7.29. The Hall–Kier alpha value is -1.18. The predicted octanol–water partition coefficient (Wildman–Crippen LogP) is 4.16. The van der Waals surface area contributed by atoms with E-state index in [2.05, 4.69) is 56.2 Å². The van der Waals surface area contributed by atoms with Crippen molar-refractivity contribution in [3.8, 4) is 0 Å². The van der Waals surface area contributed by atoms with Gasteiger partial charge in [0, 0.05) is 13.6 Å². The highest BCUT2D eigenvalue weighted by atomic mass is 15.2. The van der Waals surface area contributed by atoms with Gasteiger partial charge in [-0.25, -0.2) is 0 Å². The summed E-state index contributed by atoms with van der Waals surface area (Å²) < 4.78 is 0. The Morgan fingerprint density at radius 3 is 2.47 bits per heavy atom. The molecular formula is C17H26N2. The van der Waals surface area contributed by atoms with Crippen molar-refractivity contribution in [1.82, 2.24) is 0 Å². The number of nitrogens with zero attached hydrogens (tertiary/aromatic N) is 1. The molecule has 0 unspecified atom stereocenters. The third-order valence-corrected chi connectivity index (χ3v) is 5.05. The van der Waals surface area contributed by atoms with Crippen LogP contribution >= 0.6 is 0 Å². The number of hydrogen-bond donors (Lipinski definition) is 1. The number of para-hydroxylation sites is 1. The molecule has 1 aliphatic heterocycles. The lowest BCUT2D eigenvalue weighted by atomic mass is 9.83.